The van der Waals surface area contributed by atoms with Crippen LogP contribution in [0.5, 0.6) is 0 Å². The first kappa shape index (κ1) is 33.1. The second-order valence-electron chi connectivity index (χ2n) is 10.1. The van der Waals surface area contributed by atoms with Crippen molar-refractivity contribution in [3.8, 4) is 22.6 Å². The first-order chi connectivity index (χ1) is 21.0. The van der Waals surface area contributed by atoms with E-state index in [2.05, 4.69) is 15.8 Å². The van der Waals surface area contributed by atoms with Crippen LogP contribution in [0.25, 0.3) is 22.6 Å². The zero-order valence-electron chi connectivity index (χ0n) is 23.5. The van der Waals surface area contributed by atoms with E-state index >= 15 is 0 Å². The molecule has 0 saturated carbocycles. The standard InChI is InChI=1S/C31H28Cl4N4O5/c1-17(2)24(36-29(40)27(37-31(42)43)18-8-4-3-5-9-18)16-39(30(41)28(34)35)20-11-6-10-19(14-20)25-15-23(38-44-25)26-21(32)12-7-13-22(26)33/h3-15,17,24,27-28,37H,16H2,1-2H3,(H,36,40)(H,42,43)/t24-,27-/m1/s1. The van der Waals surface area contributed by atoms with Gasteiger partial charge in [-0.3, -0.25) is 9.59 Å². The smallest absolute Gasteiger partial charge is 0.405 e. The van der Waals surface area contributed by atoms with Gasteiger partial charge in [0.25, 0.3) is 5.91 Å². The number of carboxylic acid groups (broad SMARTS) is 1. The summed E-state index contributed by atoms with van der Waals surface area (Å²) in [5, 5.41) is 19.5. The van der Waals surface area contributed by atoms with E-state index in [1.54, 1.807) is 78.9 Å². The van der Waals surface area contributed by atoms with Crippen LogP contribution in [0.4, 0.5) is 10.5 Å². The van der Waals surface area contributed by atoms with Gasteiger partial charge in [0.1, 0.15) is 11.7 Å². The van der Waals surface area contributed by atoms with Gasteiger partial charge in [-0.25, -0.2) is 4.79 Å². The fraction of sp³-hybridized carbons (Fsp3) is 0.226. The molecule has 3 amide bonds. The molecule has 0 saturated heterocycles. The minimum absolute atomic E-state index is 0.0207. The lowest BCUT2D eigenvalue weighted by Gasteiger charge is -2.32. The maximum absolute atomic E-state index is 13.4. The van der Waals surface area contributed by atoms with E-state index in [0.29, 0.717) is 43.9 Å². The molecule has 2 atom stereocenters. The molecule has 0 radical (unpaired) electrons. The Morgan fingerprint density at radius 2 is 1.57 bits per heavy atom. The number of anilines is 1. The quantitative estimate of drug-likeness (QED) is 0.140. The first-order valence-electron chi connectivity index (χ1n) is 13.4. The molecule has 1 heterocycles. The van der Waals surface area contributed by atoms with Gasteiger partial charge in [0.2, 0.25) is 5.91 Å². The molecule has 0 aliphatic rings. The highest BCUT2D eigenvalue weighted by Gasteiger charge is 2.30. The van der Waals surface area contributed by atoms with Crippen LogP contribution in [0.3, 0.4) is 0 Å². The molecule has 44 heavy (non-hydrogen) atoms. The molecule has 0 bridgehead atoms. The number of alkyl halides is 2. The molecule has 1 aromatic heterocycles. The highest BCUT2D eigenvalue weighted by atomic mass is 35.5. The van der Waals surface area contributed by atoms with Gasteiger partial charge in [-0.05, 0) is 35.7 Å². The van der Waals surface area contributed by atoms with E-state index < -0.39 is 34.8 Å². The zero-order valence-corrected chi connectivity index (χ0v) is 26.5. The Bertz CT molecular complexity index is 1610. The van der Waals surface area contributed by atoms with Gasteiger partial charge in [0.15, 0.2) is 10.6 Å². The third kappa shape index (κ3) is 8.04. The summed E-state index contributed by atoms with van der Waals surface area (Å²) in [7, 11) is 0. The molecule has 3 N–H and O–H groups in total. The highest BCUT2D eigenvalue weighted by Crippen LogP contribution is 2.36. The fourth-order valence-corrected chi connectivity index (χ4v) is 5.32. The summed E-state index contributed by atoms with van der Waals surface area (Å²) >= 11 is 24.8. The van der Waals surface area contributed by atoms with Crippen molar-refractivity contribution in [2.75, 3.05) is 11.4 Å². The number of benzene rings is 3. The number of nitrogens with zero attached hydrogens (tertiary/aromatic N) is 2. The first-order valence-corrected chi connectivity index (χ1v) is 15.0. The summed E-state index contributed by atoms with van der Waals surface area (Å²) in [4.78, 5) is 38.2. The van der Waals surface area contributed by atoms with E-state index in [4.69, 9.17) is 50.9 Å². The average molecular weight is 678 g/mol. The number of aromatic nitrogens is 1. The number of nitrogens with one attached hydrogen (secondary N) is 2. The Morgan fingerprint density at radius 3 is 2.18 bits per heavy atom. The molecule has 0 aliphatic carbocycles. The maximum atomic E-state index is 13.4. The van der Waals surface area contributed by atoms with Crippen molar-refractivity contribution in [1.82, 2.24) is 15.8 Å². The molecule has 0 spiro atoms. The van der Waals surface area contributed by atoms with E-state index in [-0.39, 0.29) is 12.5 Å². The second-order valence-corrected chi connectivity index (χ2v) is 12.0. The van der Waals surface area contributed by atoms with Crippen molar-refractivity contribution in [2.45, 2.75) is 30.8 Å². The number of hydrogen-bond donors (Lipinski definition) is 3. The van der Waals surface area contributed by atoms with E-state index in [0.717, 1.165) is 0 Å². The Balaban J connectivity index is 1.63. The molecule has 9 nitrogen and oxygen atoms in total. The zero-order chi connectivity index (χ0) is 32.0. The lowest BCUT2D eigenvalue weighted by atomic mass is 10.0. The van der Waals surface area contributed by atoms with Crippen LogP contribution in [-0.4, -0.2) is 45.6 Å². The number of carbonyl (C=O) groups excluding carboxylic acids is 2. The topological polar surface area (TPSA) is 125 Å². The molecule has 0 aliphatic heterocycles. The summed E-state index contributed by atoms with van der Waals surface area (Å²) < 4.78 is 5.60. The SMILES string of the molecule is CC(C)[C@@H](CN(C(=O)C(Cl)Cl)c1cccc(-c2cc(-c3c(Cl)cccc3Cl)no2)c1)NC(=O)[C@H](NC(=O)O)c1ccccc1. The summed E-state index contributed by atoms with van der Waals surface area (Å²) in [5.74, 6) is -0.994. The Hall–Kier alpha value is -3.76. The van der Waals surface area contributed by atoms with Gasteiger partial charge in [0, 0.05) is 35.5 Å². The van der Waals surface area contributed by atoms with Gasteiger partial charge in [-0.15, -0.1) is 0 Å². The Labute approximate surface area is 274 Å². The maximum Gasteiger partial charge on any atom is 0.405 e. The molecule has 13 heteroatoms. The normalized spacial score (nSPS) is 12.5. The Morgan fingerprint density at radius 1 is 0.909 bits per heavy atom. The Kier molecular flexibility index (Phi) is 11.2. The molecule has 0 unspecified atom stereocenters. The van der Waals surface area contributed by atoms with Crippen LogP contribution in [0.15, 0.2) is 83.4 Å². The number of carbonyl (C=O) groups is 3. The lowest BCUT2D eigenvalue weighted by molar-refractivity contribution is -0.124. The molecule has 3 aromatic carbocycles. The summed E-state index contributed by atoms with van der Waals surface area (Å²) in [6, 6.07) is 20.3. The summed E-state index contributed by atoms with van der Waals surface area (Å²) in [6.07, 6.45) is -1.36. The van der Waals surface area contributed by atoms with E-state index in [9.17, 15) is 19.5 Å². The number of halogens is 4. The number of rotatable bonds is 11. The fourth-order valence-electron chi connectivity index (χ4n) is 4.49. The predicted molar refractivity (Wildman–Crippen MR) is 172 cm³/mol. The number of hydrogen-bond acceptors (Lipinski definition) is 5. The van der Waals surface area contributed by atoms with Crippen molar-refractivity contribution in [3.63, 3.8) is 0 Å². The summed E-state index contributed by atoms with van der Waals surface area (Å²) in [5.41, 5.74) is 2.42. The van der Waals surface area contributed by atoms with Gasteiger partial charge < -0.3 is 25.2 Å². The minimum atomic E-state index is -1.40. The van der Waals surface area contributed by atoms with E-state index in [1.165, 1.54) is 4.90 Å². The van der Waals surface area contributed by atoms with Gasteiger partial charge in [0.05, 0.1) is 10.0 Å². The van der Waals surface area contributed by atoms with Crippen molar-refractivity contribution >= 4 is 70.0 Å². The molecule has 4 rings (SSSR count). The van der Waals surface area contributed by atoms with Crippen LogP contribution in [0.1, 0.15) is 25.5 Å². The van der Waals surface area contributed by atoms with Crippen molar-refractivity contribution in [3.05, 3.63) is 94.5 Å². The second kappa shape index (κ2) is 14.8. The third-order valence-electron chi connectivity index (χ3n) is 6.80. The minimum Gasteiger partial charge on any atom is -0.465 e. The molecule has 4 aromatic rings. The highest BCUT2D eigenvalue weighted by molar-refractivity contribution is 6.54. The van der Waals surface area contributed by atoms with Crippen molar-refractivity contribution in [1.29, 1.82) is 0 Å². The molecule has 230 valence electrons. The van der Waals surface area contributed by atoms with Gasteiger partial charge >= 0.3 is 6.09 Å². The van der Waals surface area contributed by atoms with Crippen molar-refractivity contribution in [2.24, 2.45) is 5.92 Å². The van der Waals surface area contributed by atoms with Crippen LogP contribution in [0, 0.1) is 5.92 Å². The van der Waals surface area contributed by atoms with Crippen LogP contribution < -0.4 is 15.5 Å². The lowest BCUT2D eigenvalue weighted by Crippen LogP contribution is -2.52. The average Bonchev–Trinajstić information content (AvgIpc) is 3.47. The molecular formula is C31H28Cl4N4O5. The third-order valence-corrected chi connectivity index (χ3v) is 7.80. The number of amides is 3. The van der Waals surface area contributed by atoms with Crippen LogP contribution >= 0.6 is 46.4 Å². The van der Waals surface area contributed by atoms with Gasteiger partial charge in [-0.2, -0.15) is 0 Å². The van der Waals surface area contributed by atoms with Gasteiger partial charge in [-0.1, -0.05) is 114 Å². The molecule has 0 fully saturated rings. The van der Waals surface area contributed by atoms with E-state index in [1.807, 2.05) is 13.8 Å². The van der Waals surface area contributed by atoms with Crippen LogP contribution in [-0.2, 0) is 9.59 Å². The predicted octanol–water partition coefficient (Wildman–Crippen LogP) is 7.60. The van der Waals surface area contributed by atoms with Crippen LogP contribution in [0.2, 0.25) is 10.0 Å². The largest absolute Gasteiger partial charge is 0.465 e. The summed E-state index contributed by atoms with van der Waals surface area (Å²) in [6.45, 7) is 3.70. The van der Waals surface area contributed by atoms with Crippen molar-refractivity contribution < 1.29 is 24.0 Å². The molecular weight excluding hydrogens is 650 g/mol. The monoisotopic (exact) mass is 676 g/mol.